The van der Waals surface area contributed by atoms with E-state index in [9.17, 15) is 0 Å². The van der Waals surface area contributed by atoms with Crippen molar-refractivity contribution in [3.63, 3.8) is 0 Å². The minimum absolute atomic E-state index is 0.0213. The third-order valence-electron chi connectivity index (χ3n) is 9.81. The van der Waals surface area contributed by atoms with Crippen LogP contribution in [0.1, 0.15) is 81.7 Å². The first kappa shape index (κ1) is 32.9. The average molecular weight is 714 g/mol. The number of para-hydroxylation sites is 1. The minimum atomic E-state index is -1.55. The Kier molecular flexibility index (Phi) is 7.90. The molecule has 0 aliphatic carbocycles. The van der Waals surface area contributed by atoms with Gasteiger partial charge in [-0.25, -0.2) is 4.98 Å². The van der Waals surface area contributed by atoms with E-state index < -0.39 is 11.8 Å². The maximum Gasteiger partial charge on any atom is 0.271 e. The number of nitrogens with zero attached hydrogens (tertiary/aromatic N) is 5. The topological polar surface area (TPSA) is 48.8 Å². The van der Waals surface area contributed by atoms with Crippen LogP contribution in [0.4, 0.5) is 0 Å². The minimum Gasteiger partial charge on any atom is -0.458 e. The fourth-order valence-electron chi connectivity index (χ4n) is 7.08. The van der Waals surface area contributed by atoms with Crippen molar-refractivity contribution in [3.8, 4) is 28.8 Å². The zero-order valence-corrected chi connectivity index (χ0v) is 32.7. The molecular weight excluding hydrogens is 663 g/mol. The van der Waals surface area contributed by atoms with Gasteiger partial charge in [0.2, 0.25) is 0 Å². The molecule has 0 unspecified atom stereocenters. The SMILES string of the molecule is [2H]C([2H])(c1cccc(-[n+]2[c-]n(-c3cc(Oc4ccc5c6ccccc6n(-c6cc(C(C)(C)C)ccn6)c5c4)ccn3)c3ccc(C(C)(C)C)cc32)c1)C(C)(C)C. The van der Waals surface area contributed by atoms with Crippen LogP contribution >= 0.6 is 0 Å². The largest absolute Gasteiger partial charge is 0.458 e. The van der Waals surface area contributed by atoms with Gasteiger partial charge in [0, 0.05) is 38.0 Å². The number of fused-ring (bicyclic) bond motifs is 4. The predicted octanol–water partition coefficient (Wildman–Crippen LogP) is 11.6. The summed E-state index contributed by atoms with van der Waals surface area (Å²) in [5, 5.41) is 2.28. The molecule has 54 heavy (non-hydrogen) atoms. The van der Waals surface area contributed by atoms with E-state index in [1.807, 2.05) is 78.6 Å². The summed E-state index contributed by atoms with van der Waals surface area (Å²) in [5.41, 5.74) is 7.12. The van der Waals surface area contributed by atoms with E-state index in [0.717, 1.165) is 44.3 Å². The first-order valence-electron chi connectivity index (χ1n) is 19.7. The molecule has 0 saturated carbocycles. The standard InChI is InChI=1S/C48H49N5O/c1-46(2,3)30-32-13-12-14-35(25-32)51-31-52(41-20-17-33(26-43(41)51)47(4,5)6)44-29-37(22-24-49-44)54-36-18-19-39-38-15-10-11-16-40(38)53(42(39)28-36)45-27-34(21-23-50-45)48(7,8)9/h10-29H,30H2,1-9H3/i30D2. The molecule has 0 amide bonds. The summed E-state index contributed by atoms with van der Waals surface area (Å²) < 4.78 is 30.8. The molecule has 0 N–H and O–H groups in total. The summed E-state index contributed by atoms with van der Waals surface area (Å²) in [4.78, 5) is 9.63. The second-order valence-corrected chi connectivity index (χ2v) is 17.3. The van der Waals surface area contributed by atoms with Crippen molar-refractivity contribution in [1.82, 2.24) is 19.1 Å². The van der Waals surface area contributed by atoms with Gasteiger partial charge in [0.15, 0.2) is 5.82 Å². The Morgan fingerprint density at radius 3 is 2.11 bits per heavy atom. The highest BCUT2D eigenvalue weighted by atomic mass is 16.5. The second kappa shape index (κ2) is 13.0. The Morgan fingerprint density at radius 1 is 0.630 bits per heavy atom. The average Bonchev–Trinajstić information content (AvgIpc) is 3.70. The van der Waals surface area contributed by atoms with Crippen LogP contribution in [0.3, 0.4) is 0 Å². The van der Waals surface area contributed by atoms with Crippen molar-refractivity contribution < 1.29 is 12.0 Å². The highest BCUT2D eigenvalue weighted by Crippen LogP contribution is 2.36. The molecule has 8 aromatic rings. The molecule has 0 fully saturated rings. The molecule has 4 heterocycles. The molecule has 6 nitrogen and oxygen atoms in total. The lowest BCUT2D eigenvalue weighted by Crippen LogP contribution is -2.30. The lowest BCUT2D eigenvalue weighted by atomic mass is 9.87. The normalized spacial score (nSPS) is 13.4. The first-order chi connectivity index (χ1) is 26.4. The van der Waals surface area contributed by atoms with Crippen molar-refractivity contribution in [2.75, 3.05) is 0 Å². The van der Waals surface area contributed by atoms with Crippen LogP contribution < -0.4 is 9.30 Å². The molecule has 4 aromatic heterocycles. The molecule has 4 aromatic carbocycles. The Labute approximate surface area is 321 Å². The van der Waals surface area contributed by atoms with E-state index in [0.29, 0.717) is 22.9 Å². The van der Waals surface area contributed by atoms with E-state index in [4.69, 9.17) is 17.4 Å². The van der Waals surface area contributed by atoms with Gasteiger partial charge < -0.3 is 4.74 Å². The van der Waals surface area contributed by atoms with Gasteiger partial charge in [-0.1, -0.05) is 110 Å². The monoisotopic (exact) mass is 713 g/mol. The summed E-state index contributed by atoms with van der Waals surface area (Å²) in [5.74, 6) is 2.85. The van der Waals surface area contributed by atoms with Gasteiger partial charge >= 0.3 is 0 Å². The number of rotatable bonds is 6. The molecule has 0 aliphatic heterocycles. The fourth-order valence-corrected chi connectivity index (χ4v) is 7.08. The van der Waals surface area contributed by atoms with E-state index in [1.54, 1.807) is 6.20 Å². The molecule has 0 saturated heterocycles. The smallest absolute Gasteiger partial charge is 0.271 e. The Hall–Kier alpha value is -5.75. The van der Waals surface area contributed by atoms with E-state index >= 15 is 0 Å². The van der Waals surface area contributed by atoms with Crippen LogP contribution in [0, 0.1) is 11.7 Å². The molecule has 272 valence electrons. The number of aromatic nitrogens is 5. The van der Waals surface area contributed by atoms with Gasteiger partial charge in [-0.05, 0) is 88.3 Å². The lowest BCUT2D eigenvalue weighted by Gasteiger charge is -2.20. The van der Waals surface area contributed by atoms with Gasteiger partial charge in [-0.2, -0.15) is 0 Å². The van der Waals surface area contributed by atoms with Gasteiger partial charge in [-0.3, -0.25) is 18.7 Å². The molecule has 0 bridgehead atoms. The number of hydrogen-bond acceptors (Lipinski definition) is 3. The van der Waals surface area contributed by atoms with Crippen LogP contribution in [0.5, 0.6) is 11.5 Å². The van der Waals surface area contributed by atoms with E-state index in [1.165, 1.54) is 11.1 Å². The van der Waals surface area contributed by atoms with Crippen LogP contribution in [-0.2, 0) is 17.2 Å². The number of imidazole rings is 1. The van der Waals surface area contributed by atoms with Gasteiger partial charge in [0.05, 0.1) is 27.8 Å². The summed E-state index contributed by atoms with van der Waals surface area (Å²) in [7, 11) is 0. The van der Waals surface area contributed by atoms with E-state index in [2.05, 4.69) is 119 Å². The highest BCUT2D eigenvalue weighted by molar-refractivity contribution is 6.09. The molecule has 0 radical (unpaired) electrons. The lowest BCUT2D eigenvalue weighted by molar-refractivity contribution is -0.572. The van der Waals surface area contributed by atoms with Crippen molar-refractivity contribution in [2.45, 2.75) is 79.5 Å². The van der Waals surface area contributed by atoms with Crippen molar-refractivity contribution >= 4 is 32.8 Å². The molecular formula is C48H49N5O. The maximum absolute atomic E-state index is 8.98. The number of benzene rings is 4. The summed E-state index contributed by atoms with van der Waals surface area (Å²) >= 11 is 0. The third-order valence-corrected chi connectivity index (χ3v) is 9.81. The van der Waals surface area contributed by atoms with E-state index in [-0.39, 0.29) is 10.8 Å². The Balaban J connectivity index is 1.22. The quantitative estimate of drug-likeness (QED) is 0.127. The molecule has 0 aliphatic rings. The van der Waals surface area contributed by atoms with Gasteiger partial charge in [0.1, 0.15) is 17.3 Å². The van der Waals surface area contributed by atoms with Crippen LogP contribution in [0.25, 0.3) is 50.2 Å². The van der Waals surface area contributed by atoms with Crippen molar-refractivity contribution in [1.29, 1.82) is 0 Å². The summed E-state index contributed by atoms with van der Waals surface area (Å²) in [6.45, 7) is 19.1. The molecule has 0 spiro atoms. The number of hydrogen-bond donors (Lipinski definition) is 0. The molecule has 0 atom stereocenters. The van der Waals surface area contributed by atoms with Gasteiger partial charge in [-0.15, -0.1) is 0 Å². The zero-order valence-electron chi connectivity index (χ0n) is 34.7. The summed E-state index contributed by atoms with van der Waals surface area (Å²) in [6.07, 6.45) is 5.68. The Bertz CT molecular complexity index is 2770. The number of ether oxygens (including phenoxy) is 1. The van der Waals surface area contributed by atoms with Gasteiger partial charge in [0.25, 0.3) is 6.33 Å². The maximum atomic E-state index is 8.98. The molecule has 8 rings (SSSR count). The second-order valence-electron chi connectivity index (χ2n) is 17.3. The summed E-state index contributed by atoms with van der Waals surface area (Å²) in [6, 6.07) is 36.9. The van der Waals surface area contributed by atoms with Crippen LogP contribution in [0.2, 0.25) is 0 Å². The van der Waals surface area contributed by atoms with Crippen LogP contribution in [-0.4, -0.2) is 19.1 Å². The van der Waals surface area contributed by atoms with Crippen LogP contribution in [0.15, 0.2) is 122 Å². The molecule has 6 heteroatoms. The highest BCUT2D eigenvalue weighted by Gasteiger charge is 2.21. The van der Waals surface area contributed by atoms with Crippen molar-refractivity contribution in [3.05, 3.63) is 145 Å². The number of pyridine rings is 2. The first-order valence-corrected chi connectivity index (χ1v) is 18.7. The predicted molar refractivity (Wildman–Crippen MR) is 221 cm³/mol. The van der Waals surface area contributed by atoms with Crippen molar-refractivity contribution in [2.24, 2.45) is 5.41 Å². The fraction of sp³-hybridized carbons (Fsp3) is 0.271. The Morgan fingerprint density at radius 2 is 1.33 bits per heavy atom. The zero-order chi connectivity index (χ0) is 39.8. The third kappa shape index (κ3) is 6.77.